The highest BCUT2D eigenvalue weighted by Gasteiger charge is 2.21. The van der Waals surface area contributed by atoms with E-state index in [0.29, 0.717) is 5.75 Å². The highest BCUT2D eigenvalue weighted by molar-refractivity contribution is 7.99. The van der Waals surface area contributed by atoms with Crippen molar-refractivity contribution >= 4 is 17.7 Å². The smallest absolute Gasteiger partial charge is 0.230 e. The number of benzene rings is 1. The largest absolute Gasteiger partial charge is 0.349 e. The van der Waals surface area contributed by atoms with Crippen molar-refractivity contribution in [2.45, 2.75) is 30.5 Å². The van der Waals surface area contributed by atoms with Crippen molar-refractivity contribution in [1.29, 1.82) is 0 Å². The summed E-state index contributed by atoms with van der Waals surface area (Å²) in [4.78, 5) is 16.4. The van der Waals surface area contributed by atoms with Crippen molar-refractivity contribution in [3.63, 3.8) is 0 Å². The van der Waals surface area contributed by atoms with Gasteiger partial charge in [0, 0.05) is 19.4 Å². The number of imidazole rings is 1. The molecule has 1 aliphatic rings. The molecule has 1 aliphatic carbocycles. The summed E-state index contributed by atoms with van der Waals surface area (Å²) in [5.41, 5.74) is 2.64. The number of hydrogen-bond acceptors (Lipinski definition) is 3. The molecule has 1 atom stereocenters. The Morgan fingerprint density at radius 2 is 2.33 bits per heavy atom. The van der Waals surface area contributed by atoms with Crippen molar-refractivity contribution in [2.24, 2.45) is 7.05 Å². The molecular weight excluding hydrogens is 282 g/mol. The number of nitrogens with one attached hydrogen (secondary N) is 1. The predicted octanol–water partition coefficient (Wildman–Crippen LogP) is 2.71. The molecule has 1 heterocycles. The first kappa shape index (κ1) is 14.2. The van der Waals surface area contributed by atoms with Crippen molar-refractivity contribution in [3.05, 3.63) is 47.8 Å². The minimum absolute atomic E-state index is 0.0738. The zero-order valence-electron chi connectivity index (χ0n) is 12.1. The van der Waals surface area contributed by atoms with Gasteiger partial charge in [0.05, 0.1) is 11.8 Å². The molecule has 2 aromatic rings. The van der Waals surface area contributed by atoms with E-state index in [4.69, 9.17) is 0 Å². The molecule has 0 aliphatic heterocycles. The van der Waals surface area contributed by atoms with E-state index in [0.717, 1.165) is 24.4 Å². The second-order valence-corrected chi connectivity index (χ2v) is 6.26. The van der Waals surface area contributed by atoms with E-state index in [1.165, 1.54) is 22.9 Å². The van der Waals surface area contributed by atoms with E-state index in [1.54, 1.807) is 6.20 Å². The lowest BCUT2D eigenvalue weighted by molar-refractivity contribution is -0.119. The van der Waals surface area contributed by atoms with Crippen LogP contribution < -0.4 is 5.32 Å². The van der Waals surface area contributed by atoms with Crippen LogP contribution in [-0.4, -0.2) is 21.2 Å². The maximum Gasteiger partial charge on any atom is 0.230 e. The van der Waals surface area contributed by atoms with Crippen LogP contribution in [0.1, 0.15) is 30.0 Å². The van der Waals surface area contributed by atoms with E-state index in [9.17, 15) is 4.79 Å². The Bertz CT molecular complexity index is 638. The van der Waals surface area contributed by atoms with Crippen molar-refractivity contribution in [3.8, 4) is 0 Å². The monoisotopic (exact) mass is 301 g/mol. The average Bonchev–Trinajstić information content (AvgIpc) is 2.91. The number of fused-ring (bicyclic) bond motifs is 1. The van der Waals surface area contributed by atoms with E-state index in [1.807, 2.05) is 23.9 Å². The van der Waals surface area contributed by atoms with E-state index >= 15 is 0 Å². The van der Waals surface area contributed by atoms with Crippen LogP contribution in [0.3, 0.4) is 0 Å². The third kappa shape index (κ3) is 3.29. The quantitative estimate of drug-likeness (QED) is 0.883. The van der Waals surface area contributed by atoms with Gasteiger partial charge in [0.1, 0.15) is 0 Å². The van der Waals surface area contributed by atoms with Gasteiger partial charge in [-0.25, -0.2) is 4.98 Å². The van der Waals surface area contributed by atoms with Crippen molar-refractivity contribution < 1.29 is 4.79 Å². The number of thioether (sulfide) groups is 1. The molecule has 4 nitrogen and oxygen atoms in total. The molecule has 0 spiro atoms. The summed E-state index contributed by atoms with van der Waals surface area (Å²) < 4.78 is 1.92. The molecule has 0 radical (unpaired) electrons. The Morgan fingerprint density at radius 1 is 1.48 bits per heavy atom. The number of nitrogens with zero attached hydrogens (tertiary/aromatic N) is 2. The van der Waals surface area contributed by atoms with Crippen LogP contribution in [0.2, 0.25) is 0 Å². The molecule has 5 heteroatoms. The Labute approximate surface area is 129 Å². The summed E-state index contributed by atoms with van der Waals surface area (Å²) in [5.74, 6) is 0.480. The van der Waals surface area contributed by atoms with Gasteiger partial charge >= 0.3 is 0 Å². The fourth-order valence-electron chi connectivity index (χ4n) is 2.76. The molecule has 1 aromatic heterocycles. The van der Waals surface area contributed by atoms with Gasteiger partial charge in [-0.1, -0.05) is 36.0 Å². The molecule has 3 rings (SSSR count). The van der Waals surface area contributed by atoms with Crippen molar-refractivity contribution in [1.82, 2.24) is 14.9 Å². The number of amides is 1. The van der Waals surface area contributed by atoms with E-state index < -0.39 is 0 Å². The van der Waals surface area contributed by atoms with Crippen LogP contribution in [0.5, 0.6) is 0 Å². The van der Waals surface area contributed by atoms with Gasteiger partial charge in [0.2, 0.25) is 5.91 Å². The summed E-state index contributed by atoms with van der Waals surface area (Å²) in [6, 6.07) is 8.57. The van der Waals surface area contributed by atoms with Crippen LogP contribution >= 0.6 is 11.8 Å². The molecule has 0 saturated carbocycles. The maximum absolute atomic E-state index is 12.2. The average molecular weight is 301 g/mol. The van der Waals surface area contributed by atoms with Gasteiger partial charge in [-0.15, -0.1) is 0 Å². The first-order valence-electron chi connectivity index (χ1n) is 7.21. The van der Waals surface area contributed by atoms with Gasteiger partial charge < -0.3 is 9.88 Å². The fraction of sp³-hybridized carbons (Fsp3) is 0.375. The Balaban J connectivity index is 1.60. The second kappa shape index (κ2) is 6.35. The predicted molar refractivity (Wildman–Crippen MR) is 84.2 cm³/mol. The highest BCUT2D eigenvalue weighted by atomic mass is 32.2. The van der Waals surface area contributed by atoms with Crippen LogP contribution in [0.4, 0.5) is 0 Å². The molecule has 0 saturated heterocycles. The summed E-state index contributed by atoms with van der Waals surface area (Å²) >= 11 is 1.47. The van der Waals surface area contributed by atoms with Crippen LogP contribution in [0, 0.1) is 0 Å². The molecular formula is C16H19N3OS. The topological polar surface area (TPSA) is 46.9 Å². The van der Waals surface area contributed by atoms with Gasteiger partial charge in [-0.05, 0) is 30.4 Å². The van der Waals surface area contributed by atoms with E-state index in [-0.39, 0.29) is 11.9 Å². The number of rotatable bonds is 4. The molecule has 1 aromatic carbocycles. The van der Waals surface area contributed by atoms with Crippen LogP contribution in [0.15, 0.2) is 41.8 Å². The number of carbonyl (C=O) groups excluding carboxylic acids is 1. The lowest BCUT2D eigenvalue weighted by atomic mass is 9.88. The minimum atomic E-state index is 0.0738. The molecule has 110 valence electrons. The lowest BCUT2D eigenvalue weighted by Gasteiger charge is -2.26. The molecule has 1 N–H and O–H groups in total. The summed E-state index contributed by atoms with van der Waals surface area (Å²) in [6.07, 6.45) is 6.91. The van der Waals surface area contributed by atoms with Crippen LogP contribution in [0.25, 0.3) is 0 Å². The number of hydrogen-bond donors (Lipinski definition) is 1. The third-order valence-corrected chi connectivity index (χ3v) is 4.87. The SMILES string of the molecule is Cn1ccnc1SCC(=O)N[C@H]1CCCc2ccccc21. The number of aromatic nitrogens is 2. The molecule has 1 amide bonds. The normalized spacial score (nSPS) is 17.3. The molecule has 0 unspecified atom stereocenters. The maximum atomic E-state index is 12.2. The first-order valence-corrected chi connectivity index (χ1v) is 8.20. The lowest BCUT2D eigenvalue weighted by Crippen LogP contribution is -2.32. The summed E-state index contributed by atoms with van der Waals surface area (Å²) in [7, 11) is 1.94. The molecule has 0 fully saturated rings. The van der Waals surface area contributed by atoms with Gasteiger partial charge in [0.15, 0.2) is 5.16 Å². The Morgan fingerprint density at radius 3 is 3.14 bits per heavy atom. The molecule has 0 bridgehead atoms. The Hall–Kier alpha value is -1.75. The zero-order valence-corrected chi connectivity index (χ0v) is 12.9. The zero-order chi connectivity index (χ0) is 14.7. The Kier molecular flexibility index (Phi) is 4.29. The van der Waals surface area contributed by atoms with Crippen LogP contribution in [-0.2, 0) is 18.3 Å². The first-order chi connectivity index (χ1) is 10.2. The number of carbonyl (C=O) groups is 1. The van der Waals surface area contributed by atoms with Gasteiger partial charge in [0.25, 0.3) is 0 Å². The standard InChI is InChI=1S/C16H19N3OS/c1-19-10-9-17-16(19)21-11-15(20)18-14-8-4-6-12-5-2-3-7-13(12)14/h2-3,5,7,9-10,14H,4,6,8,11H2,1H3,(H,18,20)/t14-/m0/s1. The third-order valence-electron chi connectivity index (χ3n) is 3.81. The second-order valence-electron chi connectivity index (χ2n) is 5.32. The highest BCUT2D eigenvalue weighted by Crippen LogP contribution is 2.29. The minimum Gasteiger partial charge on any atom is -0.349 e. The van der Waals surface area contributed by atoms with E-state index in [2.05, 4.69) is 28.5 Å². The summed E-state index contributed by atoms with van der Waals surface area (Å²) in [5, 5.41) is 4.03. The fourth-order valence-corrected chi connectivity index (χ4v) is 3.50. The summed E-state index contributed by atoms with van der Waals surface area (Å²) in [6.45, 7) is 0. The van der Waals surface area contributed by atoms with Crippen molar-refractivity contribution in [2.75, 3.05) is 5.75 Å². The van der Waals surface area contributed by atoms with Gasteiger partial charge in [-0.2, -0.15) is 0 Å². The molecule has 21 heavy (non-hydrogen) atoms. The van der Waals surface area contributed by atoms with Gasteiger partial charge in [-0.3, -0.25) is 4.79 Å². The number of aryl methyl sites for hydroxylation is 2.